The van der Waals surface area contributed by atoms with Gasteiger partial charge in [-0.1, -0.05) is 75.7 Å². The topological polar surface area (TPSA) is 64.6 Å². The number of unbranched alkanes of at least 4 members (excludes halogenated alkanes) is 1. The summed E-state index contributed by atoms with van der Waals surface area (Å²) in [5.41, 5.74) is 3.18. The highest BCUT2D eigenvalue weighted by atomic mass is 16.5. The predicted molar refractivity (Wildman–Crippen MR) is 131 cm³/mol. The fourth-order valence-electron chi connectivity index (χ4n) is 3.45. The summed E-state index contributed by atoms with van der Waals surface area (Å²) in [6, 6.07) is 24.8. The lowest BCUT2D eigenvalue weighted by molar-refractivity contribution is -0.118. The Kier molecular flexibility index (Phi) is 8.25. The third kappa shape index (κ3) is 6.69. The Hall–Kier alpha value is -3.60. The number of carbonyl (C=O) groups excluding carboxylic acids is 2. The number of nitrogens with one attached hydrogen (secondary N) is 1. The van der Waals surface area contributed by atoms with Crippen molar-refractivity contribution in [2.75, 3.05) is 18.5 Å². The summed E-state index contributed by atoms with van der Waals surface area (Å²) in [6.45, 7) is 6.65. The predicted octanol–water partition coefficient (Wildman–Crippen LogP) is 5.99. The van der Waals surface area contributed by atoms with Gasteiger partial charge in [-0.3, -0.25) is 4.79 Å². The lowest BCUT2D eigenvalue weighted by atomic mass is 9.78. The second-order valence-corrected chi connectivity index (χ2v) is 8.42. The highest BCUT2D eigenvalue weighted by Gasteiger charge is 2.22. The number of benzene rings is 3. The van der Waals surface area contributed by atoms with Crippen molar-refractivity contribution in [1.29, 1.82) is 0 Å². The molecular weight excluding hydrogens is 414 g/mol. The summed E-state index contributed by atoms with van der Waals surface area (Å²) in [7, 11) is 0. The molecule has 1 N–H and O–H groups in total. The second-order valence-electron chi connectivity index (χ2n) is 8.42. The van der Waals surface area contributed by atoms with E-state index in [1.807, 2.05) is 49.4 Å². The zero-order chi connectivity index (χ0) is 23.7. The molecule has 0 aromatic heterocycles. The summed E-state index contributed by atoms with van der Waals surface area (Å²) in [6.07, 6.45) is 1.78. The third-order valence-corrected chi connectivity index (χ3v) is 5.55. The SMILES string of the molecule is CCCCOC(=O)c1cccc(NC(=O)COc2ccc(C(C)(C)c3ccccc3)cc2)c1. The first kappa shape index (κ1) is 24.1. The minimum atomic E-state index is -0.394. The van der Waals surface area contributed by atoms with Crippen LogP contribution in [0.1, 0.15) is 55.1 Å². The molecule has 5 nitrogen and oxygen atoms in total. The molecule has 5 heteroatoms. The maximum atomic E-state index is 12.3. The smallest absolute Gasteiger partial charge is 0.338 e. The van der Waals surface area contributed by atoms with Gasteiger partial charge in [0.15, 0.2) is 6.61 Å². The van der Waals surface area contributed by atoms with Crippen molar-refractivity contribution in [2.24, 2.45) is 0 Å². The van der Waals surface area contributed by atoms with Gasteiger partial charge in [0.25, 0.3) is 5.91 Å². The van der Waals surface area contributed by atoms with Gasteiger partial charge in [0.1, 0.15) is 5.75 Å². The Morgan fingerprint density at radius 1 is 0.879 bits per heavy atom. The lowest BCUT2D eigenvalue weighted by Crippen LogP contribution is -2.21. The van der Waals surface area contributed by atoms with Crippen LogP contribution in [-0.4, -0.2) is 25.1 Å². The van der Waals surface area contributed by atoms with Crippen LogP contribution >= 0.6 is 0 Å². The summed E-state index contributed by atoms with van der Waals surface area (Å²) < 4.78 is 10.9. The first-order valence-corrected chi connectivity index (χ1v) is 11.3. The van der Waals surface area contributed by atoms with Crippen LogP contribution in [0.3, 0.4) is 0 Å². The molecule has 33 heavy (non-hydrogen) atoms. The normalized spacial score (nSPS) is 11.0. The van der Waals surface area contributed by atoms with E-state index in [1.54, 1.807) is 24.3 Å². The molecule has 0 spiro atoms. The minimum absolute atomic E-state index is 0.132. The van der Waals surface area contributed by atoms with Gasteiger partial charge in [-0.15, -0.1) is 0 Å². The molecule has 172 valence electrons. The number of carbonyl (C=O) groups is 2. The number of hydrogen-bond acceptors (Lipinski definition) is 4. The average Bonchev–Trinajstić information content (AvgIpc) is 2.84. The van der Waals surface area contributed by atoms with Gasteiger partial charge in [0.05, 0.1) is 12.2 Å². The summed E-state index contributed by atoms with van der Waals surface area (Å²) >= 11 is 0. The first-order chi connectivity index (χ1) is 15.9. The van der Waals surface area contributed by atoms with Gasteiger partial charge in [0.2, 0.25) is 0 Å². The van der Waals surface area contributed by atoms with Crippen molar-refractivity contribution in [3.63, 3.8) is 0 Å². The summed E-state index contributed by atoms with van der Waals surface area (Å²) in [4.78, 5) is 24.4. The molecule has 0 aliphatic rings. The molecule has 1 amide bonds. The quantitative estimate of drug-likeness (QED) is 0.308. The maximum Gasteiger partial charge on any atom is 0.338 e. The molecular formula is C28H31NO4. The molecule has 0 radical (unpaired) electrons. The summed E-state index contributed by atoms with van der Waals surface area (Å²) in [5, 5.41) is 2.76. The van der Waals surface area contributed by atoms with E-state index in [0.29, 0.717) is 23.6 Å². The van der Waals surface area contributed by atoms with E-state index in [2.05, 4.69) is 31.3 Å². The van der Waals surface area contributed by atoms with Crippen LogP contribution in [0.25, 0.3) is 0 Å². The fraction of sp³-hybridized carbons (Fsp3) is 0.286. The molecule has 0 bridgehead atoms. The van der Waals surface area contributed by atoms with Gasteiger partial charge in [-0.05, 0) is 47.9 Å². The monoisotopic (exact) mass is 445 g/mol. The number of hydrogen-bond donors (Lipinski definition) is 1. The van der Waals surface area contributed by atoms with E-state index in [1.165, 1.54) is 5.56 Å². The molecule has 0 unspecified atom stereocenters. The largest absolute Gasteiger partial charge is 0.484 e. The van der Waals surface area contributed by atoms with Crippen molar-refractivity contribution in [2.45, 2.75) is 39.0 Å². The Bertz CT molecular complexity index is 1060. The molecule has 0 aliphatic heterocycles. The van der Waals surface area contributed by atoms with Crippen molar-refractivity contribution >= 4 is 17.6 Å². The number of rotatable bonds is 10. The highest BCUT2D eigenvalue weighted by Crippen LogP contribution is 2.32. The molecule has 0 saturated heterocycles. The minimum Gasteiger partial charge on any atom is -0.484 e. The second kappa shape index (κ2) is 11.3. The van der Waals surface area contributed by atoms with E-state index in [0.717, 1.165) is 18.4 Å². The number of anilines is 1. The van der Waals surface area contributed by atoms with Crippen LogP contribution in [0, 0.1) is 0 Å². The van der Waals surface area contributed by atoms with Crippen LogP contribution in [0.4, 0.5) is 5.69 Å². The van der Waals surface area contributed by atoms with Gasteiger partial charge in [-0.25, -0.2) is 4.79 Å². The van der Waals surface area contributed by atoms with Gasteiger partial charge in [-0.2, -0.15) is 0 Å². The standard InChI is InChI=1S/C28H31NO4/c1-4-5-18-32-27(31)21-10-9-13-24(19-21)29-26(30)20-33-25-16-14-23(15-17-25)28(2,3)22-11-7-6-8-12-22/h6-17,19H,4-5,18,20H2,1-3H3,(H,29,30). The van der Waals surface area contributed by atoms with Gasteiger partial charge in [0, 0.05) is 11.1 Å². The number of ether oxygens (including phenoxy) is 2. The van der Waals surface area contributed by atoms with Crippen molar-refractivity contribution in [3.05, 3.63) is 95.6 Å². The molecule has 3 aromatic carbocycles. The van der Waals surface area contributed by atoms with Crippen LogP contribution in [0.15, 0.2) is 78.9 Å². The van der Waals surface area contributed by atoms with E-state index in [-0.39, 0.29) is 17.9 Å². The molecule has 0 fully saturated rings. The van der Waals surface area contributed by atoms with Gasteiger partial charge >= 0.3 is 5.97 Å². The first-order valence-electron chi connectivity index (χ1n) is 11.3. The Labute approximate surface area is 195 Å². The van der Waals surface area contributed by atoms with Crippen molar-refractivity contribution in [1.82, 2.24) is 0 Å². The van der Waals surface area contributed by atoms with Crippen LogP contribution in [0.5, 0.6) is 5.75 Å². The molecule has 0 heterocycles. The van der Waals surface area contributed by atoms with Crippen molar-refractivity contribution in [3.8, 4) is 5.75 Å². The number of esters is 1. The van der Waals surface area contributed by atoms with Crippen molar-refractivity contribution < 1.29 is 19.1 Å². The molecule has 0 saturated carbocycles. The van der Waals surface area contributed by atoms with Gasteiger partial charge < -0.3 is 14.8 Å². The molecule has 0 aliphatic carbocycles. The van der Waals surface area contributed by atoms with E-state index in [9.17, 15) is 9.59 Å². The Morgan fingerprint density at radius 3 is 2.27 bits per heavy atom. The average molecular weight is 446 g/mol. The molecule has 0 atom stereocenters. The van der Waals surface area contributed by atoms with E-state index >= 15 is 0 Å². The van der Waals surface area contributed by atoms with Crippen LogP contribution in [0.2, 0.25) is 0 Å². The molecule has 3 aromatic rings. The maximum absolute atomic E-state index is 12.3. The Balaban J connectivity index is 1.54. The van der Waals surface area contributed by atoms with E-state index < -0.39 is 5.97 Å². The summed E-state index contributed by atoms with van der Waals surface area (Å²) in [5.74, 6) is -0.0828. The van der Waals surface area contributed by atoms with E-state index in [4.69, 9.17) is 9.47 Å². The Morgan fingerprint density at radius 2 is 1.58 bits per heavy atom. The zero-order valence-electron chi connectivity index (χ0n) is 19.5. The highest BCUT2D eigenvalue weighted by molar-refractivity contribution is 5.95. The third-order valence-electron chi connectivity index (χ3n) is 5.55. The zero-order valence-corrected chi connectivity index (χ0v) is 19.5. The fourth-order valence-corrected chi connectivity index (χ4v) is 3.45. The lowest BCUT2D eigenvalue weighted by Gasteiger charge is -2.26. The van der Waals surface area contributed by atoms with Crippen LogP contribution in [-0.2, 0) is 14.9 Å². The van der Waals surface area contributed by atoms with Crippen LogP contribution < -0.4 is 10.1 Å². The molecule has 3 rings (SSSR count). The number of amides is 1.